The zero-order chi connectivity index (χ0) is 12.8. The number of alkyl halides is 2. The van der Waals surface area contributed by atoms with Crippen LogP contribution in [0.25, 0.3) is 0 Å². The van der Waals surface area contributed by atoms with E-state index < -0.39 is 12.3 Å². The number of rotatable bonds is 5. The minimum atomic E-state index is -2.97. The smallest absolute Gasteiger partial charge is 0.315 e. The highest BCUT2D eigenvalue weighted by Gasteiger charge is 2.20. The monoisotopic (exact) mass is 243 g/mol. The number of carbonyl (C=O) groups excluding carboxylic acids is 1. The van der Waals surface area contributed by atoms with E-state index in [1.807, 2.05) is 6.92 Å². The minimum absolute atomic E-state index is 0.110. The summed E-state index contributed by atoms with van der Waals surface area (Å²) in [5, 5.41) is 0. The Labute approximate surface area is 99.0 Å². The van der Waals surface area contributed by atoms with Gasteiger partial charge in [-0.25, -0.2) is 0 Å². The highest BCUT2D eigenvalue weighted by Crippen LogP contribution is 2.19. The molecule has 0 atom stereocenters. The summed E-state index contributed by atoms with van der Waals surface area (Å²) in [6.07, 6.45) is -2.97. The van der Waals surface area contributed by atoms with Crippen LogP contribution in [0.15, 0.2) is 24.3 Å². The van der Waals surface area contributed by atoms with Crippen molar-refractivity contribution in [2.75, 3.05) is 13.7 Å². The molecule has 5 heteroatoms. The zero-order valence-corrected chi connectivity index (χ0v) is 9.82. The second-order valence-corrected chi connectivity index (χ2v) is 3.54. The van der Waals surface area contributed by atoms with E-state index in [2.05, 4.69) is 0 Å². The van der Waals surface area contributed by atoms with Gasteiger partial charge in [-0.2, -0.15) is 8.78 Å². The summed E-state index contributed by atoms with van der Waals surface area (Å²) in [5.74, 6) is -0.569. The number of halogens is 2. The van der Waals surface area contributed by atoms with E-state index in [1.54, 1.807) is 24.3 Å². The number of benzene rings is 1. The summed E-state index contributed by atoms with van der Waals surface area (Å²) in [6.45, 7) is 2.44. The lowest BCUT2D eigenvalue weighted by Crippen LogP contribution is -2.31. The summed E-state index contributed by atoms with van der Waals surface area (Å²) >= 11 is 0. The Hall–Kier alpha value is -1.65. The Bertz CT molecular complexity index is 383. The molecule has 1 amide bonds. The van der Waals surface area contributed by atoms with Crippen LogP contribution in [-0.4, -0.2) is 30.9 Å². The molecule has 1 aromatic rings. The van der Waals surface area contributed by atoms with Crippen molar-refractivity contribution in [1.82, 2.24) is 4.90 Å². The van der Waals surface area contributed by atoms with Crippen LogP contribution in [0.5, 0.6) is 5.75 Å². The number of ether oxygens (including phenoxy) is 1. The van der Waals surface area contributed by atoms with Crippen LogP contribution in [0.1, 0.15) is 12.5 Å². The van der Waals surface area contributed by atoms with E-state index >= 15 is 0 Å². The molecule has 0 unspecified atom stereocenters. The fourth-order valence-electron chi connectivity index (χ4n) is 1.43. The van der Waals surface area contributed by atoms with Crippen molar-refractivity contribution in [3.63, 3.8) is 0 Å². The Kier molecular flexibility index (Phi) is 4.87. The molecule has 0 spiro atoms. The zero-order valence-electron chi connectivity index (χ0n) is 9.82. The minimum Gasteiger partial charge on any atom is -0.494 e. The van der Waals surface area contributed by atoms with Crippen LogP contribution >= 0.6 is 0 Å². The van der Waals surface area contributed by atoms with Crippen LogP contribution in [0.4, 0.5) is 8.78 Å². The lowest BCUT2D eigenvalue weighted by Gasteiger charge is -2.18. The average molecular weight is 243 g/mol. The number of hydrogen-bond donors (Lipinski definition) is 0. The van der Waals surface area contributed by atoms with Gasteiger partial charge in [0.05, 0.1) is 6.61 Å². The number of amides is 1. The van der Waals surface area contributed by atoms with E-state index in [0.717, 1.165) is 4.90 Å². The average Bonchev–Trinajstić information content (AvgIpc) is 2.30. The first kappa shape index (κ1) is 13.4. The number of para-hydroxylation sites is 1. The molecule has 1 aromatic carbocycles. The standard InChI is InChI=1S/C12H15F2NO2/c1-3-17-10-7-5-4-6-9(10)8-15(2)12(16)11(13)14/h4-7,11H,3,8H2,1-2H3. The van der Waals surface area contributed by atoms with Crippen molar-refractivity contribution in [1.29, 1.82) is 0 Å². The maximum Gasteiger partial charge on any atom is 0.315 e. The first-order chi connectivity index (χ1) is 8.06. The molecule has 0 N–H and O–H groups in total. The molecule has 0 bridgehead atoms. The molecule has 0 saturated carbocycles. The van der Waals surface area contributed by atoms with Crippen molar-refractivity contribution >= 4 is 5.91 Å². The maximum absolute atomic E-state index is 12.2. The van der Waals surface area contributed by atoms with Crippen LogP contribution in [0.3, 0.4) is 0 Å². The fourth-order valence-corrected chi connectivity index (χ4v) is 1.43. The molecule has 0 fully saturated rings. The molecule has 0 radical (unpaired) electrons. The number of hydrogen-bond acceptors (Lipinski definition) is 2. The third-order valence-electron chi connectivity index (χ3n) is 2.24. The van der Waals surface area contributed by atoms with E-state index in [4.69, 9.17) is 4.74 Å². The van der Waals surface area contributed by atoms with Gasteiger partial charge in [-0.15, -0.1) is 0 Å². The van der Waals surface area contributed by atoms with E-state index in [0.29, 0.717) is 17.9 Å². The van der Waals surface area contributed by atoms with Crippen molar-refractivity contribution in [3.05, 3.63) is 29.8 Å². The van der Waals surface area contributed by atoms with Crippen molar-refractivity contribution in [2.45, 2.75) is 19.9 Å². The van der Waals surface area contributed by atoms with Crippen LogP contribution in [0, 0.1) is 0 Å². The number of carbonyl (C=O) groups is 1. The SMILES string of the molecule is CCOc1ccccc1CN(C)C(=O)C(F)F. The third kappa shape index (κ3) is 3.69. The first-order valence-corrected chi connectivity index (χ1v) is 5.30. The van der Waals surface area contributed by atoms with Crippen molar-refractivity contribution < 1.29 is 18.3 Å². The molecule has 17 heavy (non-hydrogen) atoms. The molecular weight excluding hydrogens is 228 g/mol. The van der Waals surface area contributed by atoms with Crippen molar-refractivity contribution in [2.24, 2.45) is 0 Å². The van der Waals surface area contributed by atoms with Crippen LogP contribution < -0.4 is 4.74 Å². The van der Waals surface area contributed by atoms with Gasteiger partial charge in [0.25, 0.3) is 5.91 Å². The molecule has 1 rings (SSSR count). The lowest BCUT2D eigenvalue weighted by molar-refractivity contribution is -0.141. The maximum atomic E-state index is 12.2. The summed E-state index contributed by atoms with van der Waals surface area (Å²) < 4.78 is 29.8. The Balaban J connectivity index is 2.77. The lowest BCUT2D eigenvalue weighted by atomic mass is 10.2. The van der Waals surface area contributed by atoms with Gasteiger partial charge >= 0.3 is 6.43 Å². The van der Waals surface area contributed by atoms with Gasteiger partial charge in [0, 0.05) is 19.2 Å². The highest BCUT2D eigenvalue weighted by molar-refractivity contribution is 5.79. The van der Waals surface area contributed by atoms with Gasteiger partial charge in [0.2, 0.25) is 0 Å². The molecule has 94 valence electrons. The normalized spacial score (nSPS) is 10.4. The van der Waals surface area contributed by atoms with Crippen LogP contribution in [-0.2, 0) is 11.3 Å². The molecular formula is C12H15F2NO2. The van der Waals surface area contributed by atoms with Crippen LogP contribution in [0.2, 0.25) is 0 Å². The summed E-state index contributed by atoms with van der Waals surface area (Å²) in [5.41, 5.74) is 0.714. The van der Waals surface area contributed by atoms with E-state index in [1.165, 1.54) is 7.05 Å². The van der Waals surface area contributed by atoms with E-state index in [-0.39, 0.29) is 6.54 Å². The highest BCUT2D eigenvalue weighted by atomic mass is 19.3. The number of nitrogens with zero attached hydrogens (tertiary/aromatic N) is 1. The predicted molar refractivity (Wildman–Crippen MR) is 60.1 cm³/mol. The Morgan fingerprint density at radius 3 is 2.65 bits per heavy atom. The largest absolute Gasteiger partial charge is 0.494 e. The predicted octanol–water partition coefficient (Wildman–Crippen LogP) is 2.31. The second-order valence-electron chi connectivity index (χ2n) is 3.54. The summed E-state index contributed by atoms with van der Waals surface area (Å²) in [7, 11) is 1.34. The molecule has 0 aliphatic rings. The Morgan fingerprint density at radius 2 is 2.06 bits per heavy atom. The Morgan fingerprint density at radius 1 is 1.41 bits per heavy atom. The quantitative estimate of drug-likeness (QED) is 0.794. The molecule has 3 nitrogen and oxygen atoms in total. The fraction of sp³-hybridized carbons (Fsp3) is 0.417. The van der Waals surface area contributed by atoms with Gasteiger partial charge in [0.1, 0.15) is 5.75 Å². The second kappa shape index (κ2) is 6.18. The molecule has 0 aliphatic heterocycles. The van der Waals surface area contributed by atoms with Gasteiger partial charge in [-0.1, -0.05) is 18.2 Å². The van der Waals surface area contributed by atoms with Gasteiger partial charge in [0.15, 0.2) is 0 Å². The molecule has 0 aliphatic carbocycles. The van der Waals surface area contributed by atoms with Crippen molar-refractivity contribution in [3.8, 4) is 5.75 Å². The molecule has 0 saturated heterocycles. The van der Waals surface area contributed by atoms with E-state index in [9.17, 15) is 13.6 Å². The van der Waals surface area contributed by atoms with Gasteiger partial charge in [-0.3, -0.25) is 4.79 Å². The molecule has 0 aromatic heterocycles. The first-order valence-electron chi connectivity index (χ1n) is 5.30. The van der Waals surface area contributed by atoms with Gasteiger partial charge in [-0.05, 0) is 13.0 Å². The summed E-state index contributed by atoms with van der Waals surface area (Å²) in [4.78, 5) is 12.0. The molecule has 0 heterocycles. The third-order valence-corrected chi connectivity index (χ3v) is 2.24. The summed E-state index contributed by atoms with van der Waals surface area (Å²) in [6, 6.07) is 7.07. The topological polar surface area (TPSA) is 29.5 Å². The van der Waals surface area contributed by atoms with Gasteiger partial charge < -0.3 is 9.64 Å².